The maximum absolute atomic E-state index is 5.92. The Labute approximate surface area is 111 Å². The van der Waals surface area contributed by atoms with Gasteiger partial charge < -0.3 is 9.82 Å². The normalized spacial score (nSPS) is 12.1. The molecule has 0 aliphatic rings. The molecule has 1 N–H and O–H groups in total. The third kappa shape index (κ3) is 3.01. The van der Waals surface area contributed by atoms with Crippen molar-refractivity contribution in [1.29, 1.82) is 0 Å². The first kappa shape index (κ1) is 12.9. The molecule has 0 amide bonds. The summed E-state index contributed by atoms with van der Waals surface area (Å²) in [7, 11) is 0. The number of imidazole rings is 1. The van der Waals surface area contributed by atoms with E-state index in [1.807, 2.05) is 25.1 Å². The summed E-state index contributed by atoms with van der Waals surface area (Å²) >= 11 is 5.92. The van der Waals surface area contributed by atoms with Gasteiger partial charge in [-0.1, -0.05) is 30.1 Å². The van der Waals surface area contributed by atoms with E-state index in [0.717, 1.165) is 29.6 Å². The number of aromatic amines is 1. The summed E-state index contributed by atoms with van der Waals surface area (Å²) < 4.78 is 0. The molecule has 4 nitrogen and oxygen atoms in total. The molecular formula is C13H16ClN3O. The summed E-state index contributed by atoms with van der Waals surface area (Å²) in [5, 5.41) is 4.73. The monoisotopic (exact) mass is 265 g/mol. The van der Waals surface area contributed by atoms with Gasteiger partial charge in [-0.3, -0.25) is 0 Å². The quantitative estimate of drug-likeness (QED) is 0.508. The second-order valence-corrected chi connectivity index (χ2v) is 4.55. The number of H-pyrrole nitrogens is 1. The average Bonchev–Trinajstić information content (AvgIpc) is 2.77. The largest absolute Gasteiger partial charge is 0.395 e. The summed E-state index contributed by atoms with van der Waals surface area (Å²) in [5.74, 6) is 0.712. The molecule has 2 aromatic rings. The molecule has 0 spiro atoms. The topological polar surface area (TPSA) is 50.3 Å². The number of nitrogens with one attached hydrogen (secondary N) is 1. The maximum atomic E-state index is 5.92. The molecule has 0 saturated heterocycles. The molecule has 0 aliphatic carbocycles. The Balaban J connectivity index is 2.15. The molecule has 0 radical (unpaired) electrons. The number of hydrogen-bond donors (Lipinski definition) is 1. The third-order valence-corrected chi connectivity index (χ3v) is 2.81. The van der Waals surface area contributed by atoms with Crippen LogP contribution < -0.4 is 0 Å². The van der Waals surface area contributed by atoms with E-state index in [4.69, 9.17) is 16.4 Å². The van der Waals surface area contributed by atoms with Crippen molar-refractivity contribution >= 4 is 28.3 Å². The Hall–Kier alpha value is -1.55. The second-order valence-electron chi connectivity index (χ2n) is 4.11. The van der Waals surface area contributed by atoms with Gasteiger partial charge >= 0.3 is 0 Å². The van der Waals surface area contributed by atoms with Gasteiger partial charge in [-0.25, -0.2) is 4.98 Å². The van der Waals surface area contributed by atoms with Crippen LogP contribution in [0.3, 0.4) is 0 Å². The zero-order valence-electron chi connectivity index (χ0n) is 10.5. The number of benzene rings is 1. The molecule has 1 aromatic heterocycles. The zero-order valence-corrected chi connectivity index (χ0v) is 11.3. The highest BCUT2D eigenvalue weighted by Crippen LogP contribution is 2.17. The average molecular weight is 266 g/mol. The van der Waals surface area contributed by atoms with Crippen molar-refractivity contribution in [3.63, 3.8) is 0 Å². The van der Waals surface area contributed by atoms with Crippen molar-refractivity contribution in [1.82, 2.24) is 9.97 Å². The Morgan fingerprint density at radius 2 is 2.33 bits per heavy atom. The zero-order chi connectivity index (χ0) is 13.0. The van der Waals surface area contributed by atoms with Crippen LogP contribution in [0.5, 0.6) is 0 Å². The van der Waals surface area contributed by atoms with Crippen LogP contribution in [0.1, 0.15) is 32.5 Å². The Morgan fingerprint density at radius 1 is 1.50 bits per heavy atom. The number of halogens is 1. The highest BCUT2D eigenvalue weighted by atomic mass is 35.5. The Morgan fingerprint density at radius 3 is 3.11 bits per heavy atom. The molecular weight excluding hydrogens is 250 g/mol. The highest BCUT2D eigenvalue weighted by Gasteiger charge is 2.06. The van der Waals surface area contributed by atoms with E-state index in [9.17, 15) is 0 Å². The molecule has 18 heavy (non-hydrogen) atoms. The van der Waals surface area contributed by atoms with Crippen molar-refractivity contribution in [2.45, 2.75) is 26.7 Å². The SMILES string of the molecule is CCCCO/N=C(\C)c1nc2ccc(Cl)cc2[nH]1. The first-order chi connectivity index (χ1) is 8.70. The lowest BCUT2D eigenvalue weighted by Crippen LogP contribution is -1.99. The van der Waals surface area contributed by atoms with Crippen LogP contribution >= 0.6 is 11.6 Å². The van der Waals surface area contributed by atoms with Crippen LogP contribution in [-0.2, 0) is 4.84 Å². The molecule has 2 rings (SSSR count). The van der Waals surface area contributed by atoms with Crippen molar-refractivity contribution in [2.24, 2.45) is 5.16 Å². The van der Waals surface area contributed by atoms with Crippen LogP contribution in [0.2, 0.25) is 5.02 Å². The van der Waals surface area contributed by atoms with Crippen molar-refractivity contribution in [3.05, 3.63) is 29.0 Å². The summed E-state index contributed by atoms with van der Waals surface area (Å²) in [6, 6.07) is 5.54. The number of hydrogen-bond acceptors (Lipinski definition) is 3. The minimum absolute atomic E-state index is 0.639. The fourth-order valence-electron chi connectivity index (χ4n) is 1.55. The van der Waals surface area contributed by atoms with Crippen LogP contribution in [-0.4, -0.2) is 22.3 Å². The lowest BCUT2D eigenvalue weighted by molar-refractivity contribution is 0.141. The summed E-state index contributed by atoms with van der Waals surface area (Å²) in [5.41, 5.74) is 2.51. The number of oxime groups is 1. The summed E-state index contributed by atoms with van der Waals surface area (Å²) in [6.45, 7) is 4.62. The van der Waals surface area contributed by atoms with E-state index in [2.05, 4.69) is 22.0 Å². The van der Waals surface area contributed by atoms with E-state index < -0.39 is 0 Å². The molecule has 0 saturated carbocycles. The van der Waals surface area contributed by atoms with Gasteiger partial charge in [0.05, 0.1) is 11.0 Å². The van der Waals surface area contributed by atoms with Gasteiger partial charge in [0.15, 0.2) is 5.82 Å². The van der Waals surface area contributed by atoms with Crippen LogP contribution in [0, 0.1) is 0 Å². The number of fused-ring (bicyclic) bond motifs is 1. The molecule has 0 bridgehead atoms. The molecule has 1 heterocycles. The standard InChI is InChI=1S/C13H16ClN3O/c1-3-4-7-18-17-9(2)13-15-11-6-5-10(14)8-12(11)16-13/h5-6,8H,3-4,7H2,1-2H3,(H,15,16)/b17-9+. The number of nitrogens with zero attached hydrogens (tertiary/aromatic N) is 2. The van der Waals surface area contributed by atoms with Gasteiger partial charge in [-0.2, -0.15) is 0 Å². The molecule has 5 heteroatoms. The highest BCUT2D eigenvalue weighted by molar-refractivity contribution is 6.31. The molecule has 1 aromatic carbocycles. The predicted octanol–water partition coefficient (Wildman–Crippen LogP) is 3.76. The Bertz CT molecular complexity index is 562. The first-order valence-corrected chi connectivity index (χ1v) is 6.40. The van der Waals surface area contributed by atoms with E-state index >= 15 is 0 Å². The second kappa shape index (κ2) is 5.87. The van der Waals surface area contributed by atoms with Crippen LogP contribution in [0.4, 0.5) is 0 Å². The Kier molecular flexibility index (Phi) is 4.20. The predicted molar refractivity (Wildman–Crippen MR) is 74.2 cm³/mol. The maximum Gasteiger partial charge on any atom is 0.156 e. The van der Waals surface area contributed by atoms with Gasteiger partial charge in [-0.05, 0) is 31.5 Å². The van der Waals surface area contributed by atoms with E-state index in [-0.39, 0.29) is 0 Å². The van der Waals surface area contributed by atoms with E-state index in [1.54, 1.807) is 0 Å². The van der Waals surface area contributed by atoms with Crippen molar-refractivity contribution in [2.75, 3.05) is 6.61 Å². The number of unbranched alkanes of at least 4 members (excludes halogenated alkanes) is 1. The number of rotatable bonds is 5. The van der Waals surface area contributed by atoms with Gasteiger partial charge in [0.25, 0.3) is 0 Å². The lowest BCUT2D eigenvalue weighted by atomic mass is 10.3. The minimum Gasteiger partial charge on any atom is -0.395 e. The van der Waals surface area contributed by atoms with Crippen molar-refractivity contribution < 1.29 is 4.84 Å². The van der Waals surface area contributed by atoms with Crippen LogP contribution in [0.15, 0.2) is 23.4 Å². The first-order valence-electron chi connectivity index (χ1n) is 6.03. The molecule has 0 unspecified atom stereocenters. The molecule has 0 atom stereocenters. The smallest absolute Gasteiger partial charge is 0.156 e. The fraction of sp³-hybridized carbons (Fsp3) is 0.385. The molecule has 0 fully saturated rings. The summed E-state index contributed by atoms with van der Waals surface area (Å²) in [4.78, 5) is 12.8. The third-order valence-electron chi connectivity index (χ3n) is 2.58. The summed E-state index contributed by atoms with van der Waals surface area (Å²) in [6.07, 6.45) is 2.10. The van der Waals surface area contributed by atoms with Gasteiger partial charge in [0.1, 0.15) is 12.3 Å². The number of aromatic nitrogens is 2. The van der Waals surface area contributed by atoms with E-state index in [1.165, 1.54) is 0 Å². The van der Waals surface area contributed by atoms with Gasteiger partial charge in [-0.15, -0.1) is 0 Å². The fourth-order valence-corrected chi connectivity index (χ4v) is 1.72. The van der Waals surface area contributed by atoms with Gasteiger partial charge in [0.2, 0.25) is 0 Å². The van der Waals surface area contributed by atoms with Gasteiger partial charge in [0, 0.05) is 5.02 Å². The molecule has 0 aliphatic heterocycles. The molecule has 96 valence electrons. The van der Waals surface area contributed by atoms with Crippen molar-refractivity contribution in [3.8, 4) is 0 Å². The lowest BCUT2D eigenvalue weighted by Gasteiger charge is -1.98. The van der Waals surface area contributed by atoms with E-state index in [0.29, 0.717) is 17.5 Å². The van der Waals surface area contributed by atoms with Crippen LogP contribution in [0.25, 0.3) is 11.0 Å². The minimum atomic E-state index is 0.639.